The lowest BCUT2D eigenvalue weighted by Gasteiger charge is -2.31. The highest BCUT2D eigenvalue weighted by Crippen LogP contribution is 2.15. The highest BCUT2D eigenvalue weighted by molar-refractivity contribution is 5.85. The van der Waals surface area contributed by atoms with Gasteiger partial charge in [0.05, 0.1) is 0 Å². The van der Waals surface area contributed by atoms with Gasteiger partial charge < -0.3 is 5.32 Å². The molecule has 1 saturated heterocycles. The molecule has 2 nitrogen and oxygen atoms in total. The van der Waals surface area contributed by atoms with Gasteiger partial charge in [-0.25, -0.2) is 8.78 Å². The fraction of sp³-hybridized carbons (Fsp3) is 0.538. The lowest BCUT2D eigenvalue weighted by Crippen LogP contribution is -2.40. The zero-order chi connectivity index (χ0) is 12.3. The van der Waals surface area contributed by atoms with Crippen molar-refractivity contribution in [1.29, 1.82) is 0 Å². The standard InChI is InChI=1S/C13H18F2N2.ClH/c1-17(11-4-6-16-7-5-11)9-10-2-3-12(14)13(15)8-10;/h2-3,8,11,16H,4-7,9H2,1H3;1H. The van der Waals surface area contributed by atoms with Crippen LogP contribution in [0.5, 0.6) is 0 Å². The molecule has 102 valence electrons. The van der Waals surface area contributed by atoms with E-state index >= 15 is 0 Å². The Morgan fingerprint density at radius 3 is 2.50 bits per heavy atom. The minimum Gasteiger partial charge on any atom is -0.317 e. The molecule has 2 rings (SSSR count). The minimum absolute atomic E-state index is 0. The molecule has 0 unspecified atom stereocenters. The second-order valence-electron chi connectivity index (χ2n) is 4.64. The van der Waals surface area contributed by atoms with Crippen LogP contribution in [0.2, 0.25) is 0 Å². The topological polar surface area (TPSA) is 15.3 Å². The van der Waals surface area contributed by atoms with E-state index in [0.29, 0.717) is 12.6 Å². The number of rotatable bonds is 3. The van der Waals surface area contributed by atoms with Gasteiger partial charge in [0.25, 0.3) is 0 Å². The van der Waals surface area contributed by atoms with E-state index in [0.717, 1.165) is 31.5 Å². The van der Waals surface area contributed by atoms with Crippen molar-refractivity contribution < 1.29 is 8.78 Å². The summed E-state index contributed by atoms with van der Waals surface area (Å²) in [5.41, 5.74) is 0.824. The van der Waals surface area contributed by atoms with Crippen LogP contribution in [0.25, 0.3) is 0 Å². The molecule has 5 heteroatoms. The van der Waals surface area contributed by atoms with Crippen molar-refractivity contribution in [3.05, 3.63) is 35.4 Å². The number of hydrogen-bond donors (Lipinski definition) is 1. The van der Waals surface area contributed by atoms with Crippen molar-refractivity contribution in [3.8, 4) is 0 Å². The molecule has 0 radical (unpaired) electrons. The summed E-state index contributed by atoms with van der Waals surface area (Å²) in [5.74, 6) is -1.54. The Bertz CT molecular complexity index is 381. The molecular formula is C13H19ClF2N2. The molecule has 0 bridgehead atoms. The lowest BCUT2D eigenvalue weighted by atomic mass is 10.0. The number of hydrogen-bond acceptors (Lipinski definition) is 2. The summed E-state index contributed by atoms with van der Waals surface area (Å²) in [6, 6.07) is 4.66. The van der Waals surface area contributed by atoms with Crippen molar-refractivity contribution in [2.45, 2.75) is 25.4 Å². The first-order valence-electron chi connectivity index (χ1n) is 6.01. The van der Waals surface area contributed by atoms with E-state index in [4.69, 9.17) is 0 Å². The van der Waals surface area contributed by atoms with Crippen LogP contribution in [0, 0.1) is 11.6 Å². The quantitative estimate of drug-likeness (QED) is 0.913. The molecule has 18 heavy (non-hydrogen) atoms. The lowest BCUT2D eigenvalue weighted by molar-refractivity contribution is 0.191. The zero-order valence-electron chi connectivity index (χ0n) is 10.5. The van der Waals surface area contributed by atoms with Crippen molar-refractivity contribution in [2.75, 3.05) is 20.1 Å². The third-order valence-corrected chi connectivity index (χ3v) is 3.35. The number of nitrogens with one attached hydrogen (secondary N) is 1. The van der Waals surface area contributed by atoms with Crippen LogP contribution in [-0.2, 0) is 6.54 Å². The molecule has 1 N–H and O–H groups in total. The maximum absolute atomic E-state index is 13.1. The van der Waals surface area contributed by atoms with E-state index in [1.807, 2.05) is 7.05 Å². The molecule has 1 aromatic rings. The van der Waals surface area contributed by atoms with Crippen LogP contribution >= 0.6 is 12.4 Å². The summed E-state index contributed by atoms with van der Waals surface area (Å²) < 4.78 is 25.9. The Hall–Kier alpha value is -0.710. The largest absolute Gasteiger partial charge is 0.317 e. The summed E-state index contributed by atoms with van der Waals surface area (Å²) in [6.45, 7) is 2.74. The SMILES string of the molecule is CN(Cc1ccc(F)c(F)c1)C1CCNCC1.Cl. The van der Waals surface area contributed by atoms with Crippen molar-refractivity contribution in [2.24, 2.45) is 0 Å². The van der Waals surface area contributed by atoms with Gasteiger partial charge >= 0.3 is 0 Å². The summed E-state index contributed by atoms with van der Waals surface area (Å²) in [5, 5.41) is 3.31. The average molecular weight is 277 g/mol. The third kappa shape index (κ3) is 3.90. The van der Waals surface area contributed by atoms with Crippen LogP contribution < -0.4 is 5.32 Å². The molecule has 0 spiro atoms. The Morgan fingerprint density at radius 2 is 1.89 bits per heavy atom. The first-order chi connectivity index (χ1) is 8.16. The van der Waals surface area contributed by atoms with Crippen LogP contribution in [0.1, 0.15) is 18.4 Å². The number of benzene rings is 1. The molecule has 1 fully saturated rings. The summed E-state index contributed by atoms with van der Waals surface area (Å²) in [4.78, 5) is 2.22. The van der Waals surface area contributed by atoms with Gasteiger partial charge in [-0.2, -0.15) is 0 Å². The maximum Gasteiger partial charge on any atom is 0.159 e. The van der Waals surface area contributed by atoms with Crippen molar-refractivity contribution in [3.63, 3.8) is 0 Å². The van der Waals surface area contributed by atoms with E-state index in [2.05, 4.69) is 10.2 Å². The van der Waals surface area contributed by atoms with Crippen LogP contribution in [0.4, 0.5) is 8.78 Å². The van der Waals surface area contributed by atoms with Gasteiger partial charge in [0.15, 0.2) is 11.6 Å². The third-order valence-electron chi connectivity index (χ3n) is 3.35. The number of piperidine rings is 1. The number of halogens is 3. The van der Waals surface area contributed by atoms with Gasteiger partial charge in [-0.15, -0.1) is 12.4 Å². The van der Waals surface area contributed by atoms with E-state index in [9.17, 15) is 8.78 Å². The smallest absolute Gasteiger partial charge is 0.159 e. The molecule has 0 aromatic heterocycles. The van der Waals surface area contributed by atoms with E-state index in [1.54, 1.807) is 6.07 Å². The Morgan fingerprint density at radius 1 is 1.22 bits per heavy atom. The monoisotopic (exact) mass is 276 g/mol. The van der Waals surface area contributed by atoms with Crippen molar-refractivity contribution in [1.82, 2.24) is 10.2 Å². The predicted molar refractivity (Wildman–Crippen MR) is 71.0 cm³/mol. The van der Waals surface area contributed by atoms with Crippen LogP contribution in [0.3, 0.4) is 0 Å². The highest BCUT2D eigenvalue weighted by atomic mass is 35.5. The Labute approximate surface area is 113 Å². The maximum atomic E-state index is 13.1. The van der Waals surface area contributed by atoms with E-state index < -0.39 is 11.6 Å². The normalized spacial score (nSPS) is 16.7. The molecule has 0 aliphatic carbocycles. The Kier molecular flexibility index (Phi) is 5.99. The highest BCUT2D eigenvalue weighted by Gasteiger charge is 2.17. The molecule has 1 aromatic carbocycles. The summed E-state index contributed by atoms with van der Waals surface area (Å²) in [7, 11) is 2.04. The second kappa shape index (κ2) is 7.02. The van der Waals surface area contributed by atoms with Gasteiger partial charge in [-0.05, 0) is 50.7 Å². The number of nitrogens with zero attached hydrogens (tertiary/aromatic N) is 1. The fourth-order valence-corrected chi connectivity index (χ4v) is 2.30. The van der Waals surface area contributed by atoms with E-state index in [1.165, 1.54) is 12.1 Å². The predicted octanol–water partition coefficient (Wildman–Crippen LogP) is 2.57. The van der Waals surface area contributed by atoms with Gasteiger partial charge in [-0.1, -0.05) is 6.07 Å². The van der Waals surface area contributed by atoms with Gasteiger partial charge in [0.2, 0.25) is 0 Å². The second-order valence-corrected chi connectivity index (χ2v) is 4.64. The summed E-state index contributed by atoms with van der Waals surface area (Å²) in [6.07, 6.45) is 2.22. The van der Waals surface area contributed by atoms with Gasteiger partial charge in [-0.3, -0.25) is 4.90 Å². The molecule has 0 amide bonds. The molecule has 1 aliphatic rings. The first-order valence-corrected chi connectivity index (χ1v) is 6.01. The average Bonchev–Trinajstić information content (AvgIpc) is 2.35. The molecule has 1 aliphatic heterocycles. The Balaban J connectivity index is 0.00000162. The van der Waals surface area contributed by atoms with Gasteiger partial charge in [0, 0.05) is 12.6 Å². The molecule has 0 saturated carbocycles. The molecule has 1 heterocycles. The van der Waals surface area contributed by atoms with Crippen molar-refractivity contribution >= 4 is 12.4 Å². The molecular weight excluding hydrogens is 258 g/mol. The summed E-state index contributed by atoms with van der Waals surface area (Å²) >= 11 is 0. The minimum atomic E-state index is -0.779. The van der Waals surface area contributed by atoms with E-state index in [-0.39, 0.29) is 12.4 Å². The zero-order valence-corrected chi connectivity index (χ0v) is 11.3. The fourth-order valence-electron chi connectivity index (χ4n) is 2.30. The van der Waals surface area contributed by atoms with Crippen LogP contribution in [0.15, 0.2) is 18.2 Å². The van der Waals surface area contributed by atoms with Gasteiger partial charge in [0.1, 0.15) is 0 Å². The molecule has 0 atom stereocenters. The van der Waals surface area contributed by atoms with Crippen LogP contribution in [-0.4, -0.2) is 31.1 Å². The first kappa shape index (κ1) is 15.3.